The van der Waals surface area contributed by atoms with Crippen molar-refractivity contribution in [2.24, 2.45) is 0 Å². The fourth-order valence-electron chi connectivity index (χ4n) is 8.06. The van der Waals surface area contributed by atoms with E-state index >= 15 is 0 Å². The number of aliphatic hydroxyl groups is 12. The van der Waals surface area contributed by atoms with Crippen LogP contribution < -0.4 is 0 Å². The molecule has 5 fully saturated rings. The van der Waals surface area contributed by atoms with Gasteiger partial charge >= 0.3 is 5.97 Å². The maximum Gasteiger partial charge on any atom is 0.338 e. The molecule has 37 heteroatoms. The van der Waals surface area contributed by atoms with Gasteiger partial charge in [-0.15, -0.1) is 11.8 Å². The molecular weight excluding hydrogens is 3610 g/mol. The summed E-state index contributed by atoms with van der Waals surface area (Å²) in [6.45, 7) is 1.91. The number of aliphatic hydroxyl groups excluding tert-OH is 12. The Morgan fingerprint density at radius 1 is 0.474 bits per heavy atom. The molecule has 0 spiro atoms. The second kappa shape index (κ2) is 53.4. The number of benzene rings is 1. The molecule has 5 saturated heterocycles. The van der Waals surface area contributed by atoms with Crippen LogP contribution in [0.5, 0.6) is 0 Å². The molecule has 25 atom stereocenters. The number of thioether (sulfide) groups is 1. The molecule has 5 heterocycles. The normalized spacial score (nSPS) is 40.3. The van der Waals surface area contributed by atoms with Gasteiger partial charge in [0.15, 0.2) is 25.0 Å². The summed E-state index contributed by atoms with van der Waals surface area (Å²) in [6.07, 6.45) is -39.0. The number of ether oxygens (including phenoxy) is 10. The van der Waals surface area contributed by atoms with Crippen LogP contribution in [0.1, 0.15) is 31.1 Å². The van der Waals surface area contributed by atoms with Crippen LogP contribution in [0.3, 0.4) is 0 Å². The van der Waals surface area contributed by atoms with Crippen molar-refractivity contribution in [2.45, 2.75) is 173 Å². The van der Waals surface area contributed by atoms with E-state index in [0.717, 1.165) is 11.8 Å². The summed E-state index contributed by atoms with van der Waals surface area (Å²) < 4.78 is 59.5. The number of rotatable bonds is 15. The van der Waals surface area contributed by atoms with E-state index in [0.29, 0.717) is 5.75 Å². The van der Waals surface area contributed by atoms with Crippen molar-refractivity contribution in [3.05, 3.63) is 41.6 Å². The molecule has 0 amide bonds. The maximum atomic E-state index is 13.4. The zero-order valence-corrected chi connectivity index (χ0v) is 99.6. The van der Waals surface area contributed by atoms with Crippen LogP contribution in [0.2, 0.25) is 0 Å². The Kier molecular flexibility index (Phi) is 73.7. The van der Waals surface area contributed by atoms with Gasteiger partial charge in [-0.1, -0.05) is 31.2 Å². The van der Waals surface area contributed by atoms with Crippen molar-refractivity contribution >= 4 is 17.7 Å². The van der Waals surface area contributed by atoms with Gasteiger partial charge in [-0.2, -0.15) is 0 Å². The van der Waals surface area contributed by atoms with Crippen LogP contribution in [-0.4, -0.2) is 245 Å². The monoisotopic (exact) mass is 3670 g/mol. The Morgan fingerprint density at radius 3 is 1.36 bits per heavy atom. The van der Waals surface area contributed by atoms with E-state index in [9.17, 15) is 71.8 Å². The van der Waals surface area contributed by atoms with Crippen LogP contribution in [0, 0.1) is 529 Å². The maximum absolute atomic E-state index is 13.4. The van der Waals surface area contributed by atoms with Gasteiger partial charge in [0, 0.05) is 529 Å². The molecular formula is C39H60Ac12NO23S-. The summed E-state index contributed by atoms with van der Waals surface area (Å²) in [6, 6.07) is 5.96. The van der Waals surface area contributed by atoms with Gasteiger partial charge in [0.1, 0.15) is 103 Å². The minimum Gasteiger partial charge on any atom is -0.668 e. The third-order valence-electron chi connectivity index (χ3n) is 11.8. The van der Waals surface area contributed by atoms with Gasteiger partial charge < -0.3 is 114 Å². The third-order valence-corrected chi connectivity index (χ3v) is 12.9. The minimum atomic E-state index is -2.00. The summed E-state index contributed by atoms with van der Waals surface area (Å²) in [5, 5.41) is 128. The molecule has 14 unspecified atom stereocenters. The summed E-state index contributed by atoms with van der Waals surface area (Å²) in [5.74, 6) is -0.433. The SMILES string of the molecule is CCS[C@@H]1OC(CO)C(O)[C@H](O[C@@H]2OC(CO)C(O[C@@H]3OC(CO)C(O)[C@H](O)C3OC3OC(C)[C@H](O)[C@@H](O)[C@@H]3O)[C@H](O[C@@H]3OC(C)C(O)[C@@H](O)C3O)C2[NH-])C1OC(=O)c1ccccc1.[Ac].[Ac].[Ac].[Ac].[Ac].[Ac].[Ac].[Ac].[Ac].[Ac].[Ac].[Ac]. The first-order chi connectivity index (χ1) is 30.4. The molecule has 1 aromatic carbocycles. The van der Waals surface area contributed by atoms with E-state index < -0.39 is 178 Å². The Labute approximate surface area is 875 Å². The molecule has 76 heavy (non-hydrogen) atoms. The van der Waals surface area contributed by atoms with Crippen LogP contribution in [0.4, 0.5) is 0 Å². The molecule has 5 aliphatic heterocycles. The van der Waals surface area contributed by atoms with Crippen LogP contribution in [0.15, 0.2) is 30.3 Å². The molecule has 5 aliphatic rings. The number of nitrogens with one attached hydrogen (secondary N) is 1. The van der Waals surface area contributed by atoms with Gasteiger partial charge in [0.05, 0.1) is 43.7 Å². The first-order valence-electron chi connectivity index (χ1n) is 20.9. The van der Waals surface area contributed by atoms with Gasteiger partial charge in [-0.05, 0) is 31.7 Å². The second-order valence-corrected chi connectivity index (χ2v) is 17.5. The first kappa shape index (κ1) is 105. The quantitative estimate of drug-likeness (QED) is 0.0731. The van der Waals surface area contributed by atoms with Gasteiger partial charge in [0.25, 0.3) is 0 Å². The number of hydrogen-bond donors (Lipinski definition) is 12. The standard InChI is InChI=1S/C39H60NO23S.12Ac/c1-4-64-39-33(59-34(53)15-8-6-5-7-9-15)31(23(47)17(11-42)58-39)62-35-19(40)30(61-36-27(51)24(48)20(44)13(2)54-36)29(18(12-43)57-35)60-38-32(26(50)22(46)16(10-41)56-38)63-37-28(52)25(49)21(45)14(3)55-37;;;;;;;;;;;;/h5-9,13-14,16-33,35-52H,4,10-12H2,1-3H3;;;;;;;;;;;;/q-1;;;;;;;;;;;;/t13?,14?,16?,17?,18?,19?,20?,21-,22?,23?,24+,25+,26-,27?,28-,29?,30+,31-,32?,33?,35-,36-,37?,38-,39-;;;;;;;;;;;;/m0............/s1. The van der Waals surface area contributed by atoms with E-state index in [4.69, 9.17) is 47.4 Å². The number of hydrogen-bond acceptors (Lipinski definition) is 24. The zero-order chi connectivity index (χ0) is 46.7. The predicted octanol–water partition coefficient (Wildman–Crippen LogP) is -5.18. The molecule has 0 aliphatic carbocycles. The summed E-state index contributed by atoms with van der Waals surface area (Å²) in [7, 11) is 0. The largest absolute Gasteiger partial charge is 0.668 e. The molecule has 13 N–H and O–H groups in total. The van der Waals surface area contributed by atoms with Gasteiger partial charge in [0.2, 0.25) is 0 Å². The molecule has 12 radical (unpaired) electrons. The van der Waals surface area contributed by atoms with E-state index in [1.807, 2.05) is 0 Å². The number of carbonyl (C=O) groups is 1. The van der Waals surface area contributed by atoms with E-state index in [1.165, 1.54) is 26.0 Å². The number of esters is 1. The van der Waals surface area contributed by atoms with Gasteiger partial charge in [-0.3, -0.25) is 0 Å². The topological polar surface area (TPSA) is 376 Å². The van der Waals surface area contributed by atoms with Gasteiger partial charge in [-0.25, -0.2) is 4.79 Å². The van der Waals surface area contributed by atoms with Crippen molar-refractivity contribution in [1.29, 1.82) is 0 Å². The summed E-state index contributed by atoms with van der Waals surface area (Å²) >= 11 is 1.15. The molecule has 0 aromatic heterocycles. The van der Waals surface area contributed by atoms with Crippen molar-refractivity contribution in [3.8, 4) is 0 Å². The Bertz CT molecular complexity index is 1660. The van der Waals surface area contributed by atoms with E-state index in [1.54, 1.807) is 25.1 Å². The molecule has 0 bridgehead atoms. The predicted molar refractivity (Wildman–Crippen MR) is 211 cm³/mol. The van der Waals surface area contributed by atoms with Crippen LogP contribution >= 0.6 is 11.8 Å². The molecule has 24 nitrogen and oxygen atoms in total. The molecule has 0 saturated carbocycles. The summed E-state index contributed by atoms with van der Waals surface area (Å²) in [5.41, 5.74) is 8.59. The first-order valence-corrected chi connectivity index (χ1v) is 21.9. The fraction of sp³-hybridized carbons (Fsp3) is 0.821. The third kappa shape index (κ3) is 28.6. The van der Waals surface area contributed by atoms with Crippen molar-refractivity contribution in [1.82, 2.24) is 0 Å². The Morgan fingerprint density at radius 2 is 0.895 bits per heavy atom. The van der Waals surface area contributed by atoms with E-state index in [-0.39, 0.29) is 534 Å². The smallest absolute Gasteiger partial charge is 0.338 e. The van der Waals surface area contributed by atoms with E-state index in [2.05, 4.69) is 0 Å². The summed E-state index contributed by atoms with van der Waals surface area (Å²) in [4.78, 5) is 13.4. The average molecular weight is 3670 g/mol. The average Bonchev–Trinajstić information content (AvgIpc) is 3.29. The van der Waals surface area contributed by atoms with Crippen LogP contribution in [0.25, 0.3) is 5.73 Å². The van der Waals surface area contributed by atoms with Crippen molar-refractivity contribution in [3.63, 3.8) is 0 Å². The minimum absolute atomic E-state index is 0. The van der Waals surface area contributed by atoms with Crippen molar-refractivity contribution < 1.29 is 642 Å². The number of carbonyl (C=O) groups excluding carboxylic acids is 1. The molecule has 402 valence electrons. The Hall–Kier alpha value is 15.5. The molecule has 6 rings (SSSR count). The fourth-order valence-corrected chi connectivity index (χ4v) is 9.01. The zero-order valence-electron chi connectivity index (χ0n) is 41.8. The second-order valence-electron chi connectivity index (χ2n) is 16.1. The Balaban J connectivity index is -0.000000793. The molecule has 1 aromatic rings. The van der Waals surface area contributed by atoms with Crippen molar-refractivity contribution in [2.75, 3.05) is 25.6 Å². The van der Waals surface area contributed by atoms with Crippen LogP contribution in [-0.2, 0) is 47.4 Å².